The molecule has 1 atom stereocenters. The predicted molar refractivity (Wildman–Crippen MR) is 61.8 cm³/mol. The standard InChI is InChI=1S/C12H19N3/c1-9-6-7-11(15-14-9)13-10-5-4-8-12(10,2)3/h6-7,10H,4-5,8H2,1-3H3,(H,13,15). The van der Waals surface area contributed by atoms with Crippen molar-refractivity contribution in [2.24, 2.45) is 5.41 Å². The summed E-state index contributed by atoms with van der Waals surface area (Å²) in [7, 11) is 0. The summed E-state index contributed by atoms with van der Waals surface area (Å²) in [5.74, 6) is 0.903. The lowest BCUT2D eigenvalue weighted by molar-refractivity contribution is 0.349. The van der Waals surface area contributed by atoms with Crippen LogP contribution >= 0.6 is 0 Å². The predicted octanol–water partition coefficient (Wildman–Crippen LogP) is 2.78. The Labute approximate surface area is 91.3 Å². The van der Waals surface area contributed by atoms with E-state index in [-0.39, 0.29) is 0 Å². The van der Waals surface area contributed by atoms with Crippen molar-refractivity contribution >= 4 is 5.82 Å². The van der Waals surface area contributed by atoms with Crippen molar-refractivity contribution in [3.05, 3.63) is 17.8 Å². The third-order valence-corrected chi connectivity index (χ3v) is 3.38. The summed E-state index contributed by atoms with van der Waals surface area (Å²) in [6.07, 6.45) is 3.84. The van der Waals surface area contributed by atoms with E-state index in [4.69, 9.17) is 0 Å². The van der Waals surface area contributed by atoms with E-state index in [9.17, 15) is 0 Å². The molecule has 1 aliphatic rings. The number of nitrogens with zero attached hydrogens (tertiary/aromatic N) is 2. The monoisotopic (exact) mass is 205 g/mol. The molecule has 1 aliphatic carbocycles. The van der Waals surface area contributed by atoms with Gasteiger partial charge in [0.05, 0.1) is 5.69 Å². The largest absolute Gasteiger partial charge is 0.365 e. The van der Waals surface area contributed by atoms with Crippen molar-refractivity contribution in [1.29, 1.82) is 0 Å². The number of anilines is 1. The maximum atomic E-state index is 4.15. The molecule has 1 N–H and O–H groups in total. The van der Waals surface area contributed by atoms with Gasteiger partial charge in [0.15, 0.2) is 0 Å². The fourth-order valence-corrected chi connectivity index (χ4v) is 2.25. The Hall–Kier alpha value is -1.12. The smallest absolute Gasteiger partial charge is 0.148 e. The first-order chi connectivity index (χ1) is 7.08. The molecule has 15 heavy (non-hydrogen) atoms. The van der Waals surface area contributed by atoms with E-state index in [0.717, 1.165) is 11.5 Å². The highest BCUT2D eigenvalue weighted by Gasteiger charge is 2.34. The number of aryl methyl sites for hydroxylation is 1. The van der Waals surface area contributed by atoms with Crippen molar-refractivity contribution in [1.82, 2.24) is 10.2 Å². The summed E-state index contributed by atoms with van der Waals surface area (Å²) < 4.78 is 0. The molecule has 0 aromatic carbocycles. The molecule has 1 heterocycles. The molecule has 0 aliphatic heterocycles. The normalized spacial score (nSPS) is 24.1. The molecule has 1 saturated carbocycles. The van der Waals surface area contributed by atoms with Crippen LogP contribution in [0.3, 0.4) is 0 Å². The van der Waals surface area contributed by atoms with Gasteiger partial charge >= 0.3 is 0 Å². The van der Waals surface area contributed by atoms with Gasteiger partial charge in [-0.15, -0.1) is 5.10 Å². The zero-order valence-corrected chi connectivity index (χ0v) is 9.75. The summed E-state index contributed by atoms with van der Waals surface area (Å²) >= 11 is 0. The molecular formula is C12H19N3. The molecule has 0 saturated heterocycles. The second-order valence-electron chi connectivity index (χ2n) is 5.14. The van der Waals surface area contributed by atoms with Gasteiger partial charge in [-0.1, -0.05) is 20.3 Å². The topological polar surface area (TPSA) is 37.8 Å². The van der Waals surface area contributed by atoms with Crippen LogP contribution in [0.15, 0.2) is 12.1 Å². The molecule has 2 rings (SSSR count). The van der Waals surface area contributed by atoms with Gasteiger partial charge in [-0.25, -0.2) is 0 Å². The molecule has 1 aromatic heterocycles. The summed E-state index contributed by atoms with van der Waals surface area (Å²) in [6, 6.07) is 4.54. The highest BCUT2D eigenvalue weighted by atomic mass is 15.2. The van der Waals surface area contributed by atoms with Crippen molar-refractivity contribution in [3.63, 3.8) is 0 Å². The summed E-state index contributed by atoms with van der Waals surface area (Å²) in [5, 5.41) is 11.7. The Morgan fingerprint density at radius 1 is 1.33 bits per heavy atom. The molecule has 0 bridgehead atoms. The Morgan fingerprint density at radius 3 is 2.67 bits per heavy atom. The molecular weight excluding hydrogens is 186 g/mol. The Morgan fingerprint density at radius 2 is 2.13 bits per heavy atom. The van der Waals surface area contributed by atoms with Crippen molar-refractivity contribution < 1.29 is 0 Å². The van der Waals surface area contributed by atoms with E-state index in [1.807, 2.05) is 19.1 Å². The van der Waals surface area contributed by atoms with Crippen LogP contribution in [0.2, 0.25) is 0 Å². The first-order valence-corrected chi connectivity index (χ1v) is 5.65. The van der Waals surface area contributed by atoms with Crippen LogP contribution in [0.5, 0.6) is 0 Å². The van der Waals surface area contributed by atoms with Gasteiger partial charge in [0.25, 0.3) is 0 Å². The van der Waals surface area contributed by atoms with E-state index in [1.165, 1.54) is 19.3 Å². The number of rotatable bonds is 2. The van der Waals surface area contributed by atoms with Crippen molar-refractivity contribution in [3.8, 4) is 0 Å². The van der Waals surface area contributed by atoms with E-state index in [2.05, 4.69) is 29.4 Å². The molecule has 0 radical (unpaired) electrons. The second kappa shape index (κ2) is 3.80. The SMILES string of the molecule is Cc1ccc(NC2CCCC2(C)C)nn1. The van der Waals surface area contributed by atoms with Crippen LogP contribution in [0, 0.1) is 12.3 Å². The third kappa shape index (κ3) is 2.28. The molecule has 0 amide bonds. The summed E-state index contributed by atoms with van der Waals surface area (Å²) in [5.41, 5.74) is 1.35. The van der Waals surface area contributed by atoms with Crippen LogP contribution in [0.1, 0.15) is 38.8 Å². The summed E-state index contributed by atoms with van der Waals surface area (Å²) in [4.78, 5) is 0. The minimum Gasteiger partial charge on any atom is -0.365 e. The lowest BCUT2D eigenvalue weighted by Gasteiger charge is -2.27. The maximum Gasteiger partial charge on any atom is 0.148 e. The second-order valence-corrected chi connectivity index (χ2v) is 5.14. The molecule has 82 valence electrons. The van der Waals surface area contributed by atoms with Gasteiger partial charge in [0.1, 0.15) is 5.82 Å². The van der Waals surface area contributed by atoms with Gasteiger partial charge in [0, 0.05) is 6.04 Å². The van der Waals surface area contributed by atoms with Crippen LogP contribution in [-0.2, 0) is 0 Å². The van der Waals surface area contributed by atoms with E-state index < -0.39 is 0 Å². The number of hydrogen-bond acceptors (Lipinski definition) is 3. The van der Waals surface area contributed by atoms with Gasteiger partial charge in [0.2, 0.25) is 0 Å². The van der Waals surface area contributed by atoms with E-state index in [1.54, 1.807) is 0 Å². The van der Waals surface area contributed by atoms with Gasteiger partial charge < -0.3 is 5.32 Å². The zero-order chi connectivity index (χ0) is 10.9. The molecule has 3 heteroatoms. The average Bonchev–Trinajstić information content (AvgIpc) is 2.50. The van der Waals surface area contributed by atoms with Crippen LogP contribution < -0.4 is 5.32 Å². The average molecular weight is 205 g/mol. The first kappa shape index (κ1) is 10.4. The minimum atomic E-state index is 0.382. The number of nitrogens with one attached hydrogen (secondary N) is 1. The lowest BCUT2D eigenvalue weighted by Crippen LogP contribution is -2.31. The first-order valence-electron chi connectivity index (χ1n) is 5.65. The summed E-state index contributed by atoms with van der Waals surface area (Å²) in [6.45, 7) is 6.59. The van der Waals surface area contributed by atoms with Crippen LogP contribution in [0.4, 0.5) is 5.82 Å². The molecule has 1 unspecified atom stereocenters. The Bertz CT molecular complexity index is 329. The van der Waals surface area contributed by atoms with Crippen molar-refractivity contribution in [2.45, 2.75) is 46.1 Å². The molecule has 1 aromatic rings. The maximum absolute atomic E-state index is 4.15. The highest BCUT2D eigenvalue weighted by Crippen LogP contribution is 2.38. The fourth-order valence-electron chi connectivity index (χ4n) is 2.25. The zero-order valence-electron chi connectivity index (χ0n) is 9.75. The lowest BCUT2D eigenvalue weighted by atomic mass is 9.87. The third-order valence-electron chi connectivity index (χ3n) is 3.38. The fraction of sp³-hybridized carbons (Fsp3) is 0.667. The van der Waals surface area contributed by atoms with Crippen LogP contribution in [0.25, 0.3) is 0 Å². The molecule has 1 fully saturated rings. The highest BCUT2D eigenvalue weighted by molar-refractivity contribution is 5.35. The minimum absolute atomic E-state index is 0.382. The van der Waals surface area contributed by atoms with E-state index >= 15 is 0 Å². The number of hydrogen-bond donors (Lipinski definition) is 1. The van der Waals surface area contributed by atoms with E-state index in [0.29, 0.717) is 11.5 Å². The quantitative estimate of drug-likeness (QED) is 0.806. The Balaban J connectivity index is 2.06. The molecule has 0 spiro atoms. The van der Waals surface area contributed by atoms with Gasteiger partial charge in [-0.3, -0.25) is 0 Å². The van der Waals surface area contributed by atoms with Gasteiger partial charge in [-0.2, -0.15) is 5.10 Å². The molecule has 3 nitrogen and oxygen atoms in total. The number of aromatic nitrogens is 2. The van der Waals surface area contributed by atoms with Crippen molar-refractivity contribution in [2.75, 3.05) is 5.32 Å². The Kier molecular flexibility index (Phi) is 2.63. The van der Waals surface area contributed by atoms with Crippen LogP contribution in [-0.4, -0.2) is 16.2 Å². The van der Waals surface area contributed by atoms with Gasteiger partial charge in [-0.05, 0) is 37.3 Å².